The molecule has 0 spiro atoms. The second-order valence-corrected chi connectivity index (χ2v) is 15.1. The number of pyridine rings is 1. The second-order valence-electron chi connectivity index (χ2n) is 11.3. The lowest BCUT2D eigenvalue weighted by Crippen LogP contribution is -2.40. The van der Waals surface area contributed by atoms with E-state index in [2.05, 4.69) is 0 Å². The van der Waals surface area contributed by atoms with E-state index < -0.39 is 14.5 Å². The fraction of sp³-hybridized carbons (Fsp3) is 0.438. The Bertz CT molecular complexity index is 1340. The molecule has 220 valence electrons. The number of aliphatic hydroxyl groups is 1. The van der Waals surface area contributed by atoms with Gasteiger partial charge in [-0.25, -0.2) is 0 Å². The molecule has 0 radical (unpaired) electrons. The van der Waals surface area contributed by atoms with Gasteiger partial charge in [0, 0.05) is 30.5 Å². The van der Waals surface area contributed by atoms with Crippen molar-refractivity contribution >= 4 is 14.3 Å². The summed E-state index contributed by atoms with van der Waals surface area (Å²) in [7, 11) is -1.66. The number of aromatic nitrogens is 1. The molecule has 4 atom stereocenters. The van der Waals surface area contributed by atoms with Crippen molar-refractivity contribution in [1.29, 1.82) is 0 Å². The van der Waals surface area contributed by atoms with Crippen molar-refractivity contribution in [1.82, 2.24) is 9.47 Å². The molecule has 3 aromatic rings. The summed E-state index contributed by atoms with van der Waals surface area (Å²) in [4.78, 5) is 27.6. The van der Waals surface area contributed by atoms with Crippen LogP contribution in [0.25, 0.3) is 5.69 Å². The Kier molecular flexibility index (Phi) is 10.2. The summed E-state index contributed by atoms with van der Waals surface area (Å²) in [5.74, 6) is 0.132. The monoisotopic (exact) mass is 580 g/mol. The molecular weight excluding hydrogens is 539 g/mol. The van der Waals surface area contributed by atoms with Gasteiger partial charge in [0.15, 0.2) is 5.75 Å². The third kappa shape index (κ3) is 7.52. The van der Waals surface area contributed by atoms with Crippen LogP contribution in [0.2, 0.25) is 18.6 Å². The van der Waals surface area contributed by atoms with Crippen molar-refractivity contribution < 1.29 is 23.5 Å². The average molecular weight is 581 g/mol. The van der Waals surface area contributed by atoms with Crippen LogP contribution >= 0.6 is 0 Å². The first kappa shape index (κ1) is 30.7. The van der Waals surface area contributed by atoms with Crippen LogP contribution in [-0.2, 0) is 22.5 Å². The molecule has 0 bridgehead atoms. The van der Waals surface area contributed by atoms with E-state index in [4.69, 9.17) is 9.47 Å². The Morgan fingerprint density at radius 1 is 1.05 bits per heavy atom. The quantitative estimate of drug-likeness (QED) is 0.237. The summed E-state index contributed by atoms with van der Waals surface area (Å²) >= 11 is 0. The predicted octanol–water partition coefficient (Wildman–Crippen LogP) is 5.14. The van der Waals surface area contributed by atoms with Gasteiger partial charge < -0.3 is 23.6 Å². The number of carbonyl (C=O) groups excluding carboxylic acids is 1. The molecule has 41 heavy (non-hydrogen) atoms. The number of carbonyl (C=O) groups is 1. The third-order valence-electron chi connectivity index (χ3n) is 8.07. The Hall–Kier alpha value is -3.27. The molecule has 7 nitrogen and oxygen atoms in total. The number of aliphatic hydroxyl groups excluding tert-OH is 1. The third-order valence-corrected chi connectivity index (χ3v) is 10.6. The van der Waals surface area contributed by atoms with Crippen molar-refractivity contribution in [3.05, 3.63) is 94.4 Å². The largest absolute Gasteiger partial charge is 0.491 e. The lowest BCUT2D eigenvalue weighted by Gasteiger charge is -2.30. The number of hydrogen-bond donors (Lipinski definition) is 1. The molecule has 2 heterocycles. The van der Waals surface area contributed by atoms with Gasteiger partial charge in [0.25, 0.3) is 5.56 Å². The Morgan fingerprint density at radius 3 is 2.39 bits per heavy atom. The van der Waals surface area contributed by atoms with E-state index in [0.717, 1.165) is 23.2 Å². The molecule has 2 aromatic carbocycles. The summed E-state index contributed by atoms with van der Waals surface area (Å²) in [6.45, 7) is 5.92. The van der Waals surface area contributed by atoms with Gasteiger partial charge in [-0.3, -0.25) is 14.2 Å². The van der Waals surface area contributed by atoms with Crippen molar-refractivity contribution in [3.8, 4) is 11.4 Å². The van der Waals surface area contributed by atoms with Gasteiger partial charge >= 0.3 is 0 Å². The highest BCUT2D eigenvalue weighted by molar-refractivity contribution is 6.72. The molecule has 1 amide bonds. The summed E-state index contributed by atoms with van der Waals surface area (Å²) in [6, 6.07) is 20.8. The highest BCUT2D eigenvalue weighted by atomic mass is 28.4. The van der Waals surface area contributed by atoms with E-state index in [-0.39, 0.29) is 54.4 Å². The number of nitrogens with zero attached hydrogens (tertiary/aromatic N) is 2. The van der Waals surface area contributed by atoms with Gasteiger partial charge in [-0.2, -0.15) is 0 Å². The zero-order valence-corrected chi connectivity index (χ0v) is 25.3. The normalized spacial score (nSPS) is 20.6. The van der Waals surface area contributed by atoms with E-state index in [0.29, 0.717) is 13.0 Å². The molecule has 1 N–H and O–H groups in total. The molecule has 1 aliphatic rings. The molecule has 9 heteroatoms. The molecule has 0 aliphatic carbocycles. The fourth-order valence-electron chi connectivity index (χ4n) is 6.06. The highest BCUT2D eigenvalue weighted by Gasteiger charge is 2.51. The zero-order valence-electron chi connectivity index (χ0n) is 24.3. The van der Waals surface area contributed by atoms with Gasteiger partial charge in [0.2, 0.25) is 14.3 Å². The maximum atomic E-state index is 15.6. The number of rotatable bonds is 12. The second kappa shape index (κ2) is 13.6. The van der Waals surface area contributed by atoms with E-state index in [1.54, 1.807) is 40.9 Å². The fourth-order valence-corrected chi connectivity index (χ4v) is 8.60. The van der Waals surface area contributed by atoms with Crippen LogP contribution < -0.4 is 10.3 Å². The Labute approximate surface area is 242 Å². The number of hydrogen-bond acceptors (Lipinski definition) is 5. The lowest BCUT2D eigenvalue weighted by atomic mass is 9.95. The van der Waals surface area contributed by atoms with E-state index in [9.17, 15) is 14.7 Å². The first-order chi connectivity index (χ1) is 19.6. The van der Waals surface area contributed by atoms with Gasteiger partial charge in [0.1, 0.15) is 0 Å². The minimum atomic E-state index is -3.14. The number of methoxy groups -OCH3 is 1. The first-order valence-electron chi connectivity index (χ1n) is 14.2. The van der Waals surface area contributed by atoms with E-state index in [1.807, 2.05) is 61.5 Å². The van der Waals surface area contributed by atoms with Crippen molar-refractivity contribution in [2.75, 3.05) is 20.3 Å². The van der Waals surface area contributed by atoms with Crippen LogP contribution in [0.3, 0.4) is 0 Å². The number of benzene rings is 2. The van der Waals surface area contributed by atoms with Gasteiger partial charge in [-0.15, -0.1) is 0 Å². The van der Waals surface area contributed by atoms with E-state index in [1.165, 1.54) is 7.11 Å². The van der Waals surface area contributed by atoms with Gasteiger partial charge in [0.05, 0.1) is 32.3 Å². The molecule has 0 unspecified atom stereocenters. The minimum absolute atomic E-state index is 0.0190. The summed E-state index contributed by atoms with van der Waals surface area (Å²) < 4.78 is 28.8. The first-order valence-corrected chi connectivity index (χ1v) is 17.2. The summed E-state index contributed by atoms with van der Waals surface area (Å²) in [6.07, 6.45) is 2.59. The molecular formula is C32H41FN2O5Si. The summed E-state index contributed by atoms with van der Waals surface area (Å²) in [5, 5.41) is 9.59. The lowest BCUT2D eigenvalue weighted by molar-refractivity contribution is -0.135. The topological polar surface area (TPSA) is 81.0 Å². The zero-order chi connectivity index (χ0) is 29.6. The van der Waals surface area contributed by atoms with Gasteiger partial charge in [-0.1, -0.05) is 49.4 Å². The Morgan fingerprint density at radius 2 is 1.76 bits per heavy atom. The van der Waals surface area contributed by atoms with Crippen LogP contribution in [0.15, 0.2) is 77.7 Å². The molecule has 1 fully saturated rings. The van der Waals surface area contributed by atoms with Crippen molar-refractivity contribution in [2.24, 2.45) is 5.92 Å². The number of halogens is 1. The molecule has 1 aromatic heterocycles. The summed E-state index contributed by atoms with van der Waals surface area (Å²) in [5.41, 5.74) is 2.29. The number of amides is 1. The van der Waals surface area contributed by atoms with Gasteiger partial charge in [-0.05, 0) is 67.2 Å². The van der Waals surface area contributed by atoms with Crippen LogP contribution in [0.5, 0.6) is 5.75 Å². The number of aryl methyl sites for hydroxylation is 1. The molecule has 0 saturated carbocycles. The van der Waals surface area contributed by atoms with Crippen LogP contribution in [0.1, 0.15) is 30.9 Å². The van der Waals surface area contributed by atoms with Crippen molar-refractivity contribution in [3.63, 3.8) is 0 Å². The number of ether oxygens (including phenoxy) is 2. The highest BCUT2D eigenvalue weighted by Crippen LogP contribution is 2.47. The predicted molar refractivity (Wildman–Crippen MR) is 161 cm³/mol. The van der Waals surface area contributed by atoms with Crippen LogP contribution in [0, 0.1) is 5.92 Å². The maximum Gasteiger partial charge on any atom is 0.297 e. The van der Waals surface area contributed by atoms with E-state index >= 15 is 4.11 Å². The maximum absolute atomic E-state index is 15.6. The van der Waals surface area contributed by atoms with Crippen molar-refractivity contribution in [2.45, 2.75) is 63.6 Å². The van der Waals surface area contributed by atoms with Crippen LogP contribution in [-0.4, -0.2) is 61.4 Å². The Balaban J connectivity index is 1.42. The average Bonchev–Trinajstić information content (AvgIpc) is 3.27. The molecule has 4 rings (SSSR count). The van der Waals surface area contributed by atoms with Crippen LogP contribution in [0.4, 0.5) is 4.11 Å². The minimum Gasteiger partial charge on any atom is -0.491 e. The molecule has 1 aliphatic heterocycles. The SMILES string of the molecule is COc1cccn(-c2ccc(CC[C@H]3O[C@@H](CC(=O)N(CCO)Cc4ccccc4)[C@H]([Si](C)(C)F)[C@H]3C)cc2)c1=O. The smallest absolute Gasteiger partial charge is 0.297 e. The molecule has 1 saturated heterocycles. The standard InChI is InChI=1S/C32H41FN2O5Si/c1-23-27(17-14-24-12-15-26(16-13-24)35-18-8-11-28(39-2)32(35)38)40-29(31(23)41(3,4)33)21-30(37)34(19-20-36)22-25-9-6-5-7-10-25/h5-13,15-16,18,23,27,29,31,36H,14,17,19-22H2,1-4H3/t23-,27+,29-,31+/m0/s1.